The van der Waals surface area contributed by atoms with Gasteiger partial charge in [-0.1, -0.05) is 12.1 Å². The van der Waals surface area contributed by atoms with E-state index >= 15 is 0 Å². The topological polar surface area (TPSA) is 102 Å². The molecule has 3 aromatic rings. The number of hydrogen-bond donors (Lipinski definition) is 2. The molecule has 1 atom stereocenters. The van der Waals surface area contributed by atoms with Crippen molar-refractivity contribution in [2.75, 3.05) is 5.73 Å². The number of nitriles is 1. The summed E-state index contributed by atoms with van der Waals surface area (Å²) in [5.74, 6) is 0.298. The van der Waals surface area contributed by atoms with Crippen molar-refractivity contribution in [3.05, 3.63) is 52.8 Å². The van der Waals surface area contributed by atoms with Crippen molar-refractivity contribution in [2.24, 2.45) is 5.73 Å². The summed E-state index contributed by atoms with van der Waals surface area (Å²) in [5, 5.41) is 10.8. The Morgan fingerprint density at radius 1 is 1.24 bits per heavy atom. The highest BCUT2D eigenvalue weighted by molar-refractivity contribution is 5.99. The molecule has 4 rings (SSSR count). The van der Waals surface area contributed by atoms with E-state index in [1.165, 1.54) is 0 Å². The fraction of sp³-hybridized carbons (Fsp3) is 0.250. The molecule has 2 aromatic heterocycles. The Kier molecular flexibility index (Phi) is 3.63. The lowest BCUT2D eigenvalue weighted by Gasteiger charge is -2.26. The van der Waals surface area contributed by atoms with Crippen LogP contribution in [-0.4, -0.2) is 16.0 Å². The first-order valence-corrected chi connectivity index (χ1v) is 8.41. The Morgan fingerprint density at radius 3 is 2.88 bits per heavy atom. The molecular weight excluding hydrogens is 310 g/mol. The number of hydrogen-bond acceptors (Lipinski definition) is 5. The molecule has 25 heavy (non-hydrogen) atoms. The fourth-order valence-electron chi connectivity index (χ4n) is 3.79. The second-order valence-electron chi connectivity index (χ2n) is 6.61. The number of nitrogens with zero attached hydrogens (tertiary/aromatic N) is 3. The maximum absolute atomic E-state index is 9.77. The van der Waals surface area contributed by atoms with Gasteiger partial charge in [-0.25, -0.2) is 4.98 Å². The van der Waals surface area contributed by atoms with Crippen molar-refractivity contribution in [1.82, 2.24) is 9.97 Å². The molecule has 124 valence electrons. The zero-order valence-electron chi connectivity index (χ0n) is 14.1. The number of fused-ring (bicyclic) bond motifs is 2. The summed E-state index contributed by atoms with van der Waals surface area (Å²) >= 11 is 0. The highest BCUT2D eigenvalue weighted by atomic mass is 14.9. The van der Waals surface area contributed by atoms with E-state index in [0.717, 1.165) is 51.7 Å². The van der Waals surface area contributed by atoms with Crippen molar-refractivity contribution in [2.45, 2.75) is 32.2 Å². The monoisotopic (exact) mass is 329 g/mol. The molecule has 0 amide bonds. The van der Waals surface area contributed by atoms with Crippen LogP contribution in [-0.2, 0) is 12.8 Å². The molecule has 1 aromatic carbocycles. The first-order chi connectivity index (χ1) is 12.1. The van der Waals surface area contributed by atoms with E-state index in [-0.39, 0.29) is 6.04 Å². The van der Waals surface area contributed by atoms with Gasteiger partial charge in [0.1, 0.15) is 17.5 Å². The van der Waals surface area contributed by atoms with Gasteiger partial charge < -0.3 is 11.5 Å². The molecule has 0 unspecified atom stereocenters. The van der Waals surface area contributed by atoms with Crippen LogP contribution < -0.4 is 11.5 Å². The van der Waals surface area contributed by atoms with Crippen LogP contribution in [0.3, 0.4) is 0 Å². The minimum absolute atomic E-state index is 0.0802. The number of nitrogen functional groups attached to an aromatic ring is 1. The van der Waals surface area contributed by atoms with E-state index in [1.807, 2.05) is 24.3 Å². The van der Waals surface area contributed by atoms with Crippen LogP contribution in [0.5, 0.6) is 0 Å². The summed E-state index contributed by atoms with van der Waals surface area (Å²) in [5.41, 5.74) is 18.7. The zero-order chi connectivity index (χ0) is 17.6. The summed E-state index contributed by atoms with van der Waals surface area (Å²) in [6.45, 7) is 2.05. The zero-order valence-corrected chi connectivity index (χ0v) is 14.1. The van der Waals surface area contributed by atoms with Gasteiger partial charge in [-0.2, -0.15) is 5.26 Å². The molecule has 0 saturated carbocycles. The van der Waals surface area contributed by atoms with Crippen molar-refractivity contribution < 1.29 is 0 Å². The van der Waals surface area contributed by atoms with Crippen LogP contribution >= 0.6 is 0 Å². The number of aryl methyl sites for hydroxylation is 2. The molecule has 0 aliphatic heterocycles. The number of benzene rings is 1. The molecule has 0 saturated heterocycles. The van der Waals surface area contributed by atoms with Gasteiger partial charge in [0.2, 0.25) is 0 Å². The lowest BCUT2D eigenvalue weighted by atomic mass is 9.82. The first kappa shape index (κ1) is 15.6. The average molecular weight is 329 g/mol. The largest absolute Gasteiger partial charge is 0.383 e. The SMILES string of the molecule is Cc1ccc2ncccc2c1-c1c(C#N)c(N)nc2c1C[C@H](N)CC2. The molecule has 5 heteroatoms. The van der Waals surface area contributed by atoms with Gasteiger partial charge in [0.05, 0.1) is 5.52 Å². The van der Waals surface area contributed by atoms with Crippen LogP contribution in [0.4, 0.5) is 5.82 Å². The minimum atomic E-state index is 0.0802. The quantitative estimate of drug-likeness (QED) is 0.715. The van der Waals surface area contributed by atoms with Gasteiger partial charge in [0, 0.05) is 28.9 Å². The summed E-state index contributed by atoms with van der Waals surface area (Å²) in [7, 11) is 0. The van der Waals surface area contributed by atoms with Gasteiger partial charge in [-0.05, 0) is 55.0 Å². The van der Waals surface area contributed by atoms with Gasteiger partial charge in [-0.15, -0.1) is 0 Å². The molecule has 1 aliphatic carbocycles. The number of anilines is 1. The Hall–Kier alpha value is -2.97. The van der Waals surface area contributed by atoms with E-state index in [1.54, 1.807) is 6.20 Å². The van der Waals surface area contributed by atoms with E-state index in [4.69, 9.17) is 11.5 Å². The van der Waals surface area contributed by atoms with E-state index in [0.29, 0.717) is 17.8 Å². The van der Waals surface area contributed by atoms with Crippen LogP contribution in [0.25, 0.3) is 22.0 Å². The van der Waals surface area contributed by atoms with Crippen molar-refractivity contribution in [3.8, 4) is 17.2 Å². The molecule has 5 nitrogen and oxygen atoms in total. The molecular formula is C20H19N5. The third kappa shape index (κ3) is 2.43. The van der Waals surface area contributed by atoms with Gasteiger partial charge >= 0.3 is 0 Å². The lowest BCUT2D eigenvalue weighted by molar-refractivity contribution is 0.568. The first-order valence-electron chi connectivity index (χ1n) is 8.41. The third-order valence-corrected chi connectivity index (χ3v) is 4.99. The van der Waals surface area contributed by atoms with E-state index in [9.17, 15) is 5.26 Å². The lowest BCUT2D eigenvalue weighted by Crippen LogP contribution is -2.29. The van der Waals surface area contributed by atoms with Crippen molar-refractivity contribution >= 4 is 16.7 Å². The number of pyridine rings is 2. The summed E-state index contributed by atoms with van der Waals surface area (Å²) in [6, 6.07) is 10.3. The minimum Gasteiger partial charge on any atom is -0.383 e. The molecule has 0 spiro atoms. The Morgan fingerprint density at radius 2 is 2.08 bits per heavy atom. The molecule has 0 fully saturated rings. The number of aromatic nitrogens is 2. The summed E-state index contributed by atoms with van der Waals surface area (Å²) < 4.78 is 0. The second kappa shape index (κ2) is 5.83. The van der Waals surface area contributed by atoms with E-state index in [2.05, 4.69) is 23.0 Å². The second-order valence-corrected chi connectivity index (χ2v) is 6.61. The van der Waals surface area contributed by atoms with E-state index < -0.39 is 0 Å². The smallest absolute Gasteiger partial charge is 0.142 e. The average Bonchev–Trinajstić information content (AvgIpc) is 2.61. The summed E-state index contributed by atoms with van der Waals surface area (Å²) in [4.78, 5) is 8.96. The third-order valence-electron chi connectivity index (χ3n) is 4.99. The normalized spacial score (nSPS) is 16.4. The molecule has 0 bridgehead atoms. The maximum Gasteiger partial charge on any atom is 0.142 e. The highest BCUT2D eigenvalue weighted by Gasteiger charge is 2.26. The maximum atomic E-state index is 9.77. The van der Waals surface area contributed by atoms with Crippen LogP contribution in [0.2, 0.25) is 0 Å². The predicted octanol–water partition coefficient (Wildman–Crippen LogP) is 2.88. The Bertz CT molecular complexity index is 1030. The Balaban J connectivity index is 2.15. The molecule has 1 aliphatic rings. The molecule has 2 heterocycles. The summed E-state index contributed by atoms with van der Waals surface area (Å²) in [6.07, 6.45) is 4.17. The highest BCUT2D eigenvalue weighted by Crippen LogP contribution is 2.40. The number of nitrogens with two attached hydrogens (primary N) is 2. The van der Waals surface area contributed by atoms with Gasteiger partial charge in [0.15, 0.2) is 0 Å². The van der Waals surface area contributed by atoms with Crippen LogP contribution in [0.15, 0.2) is 30.5 Å². The van der Waals surface area contributed by atoms with Gasteiger partial charge in [-0.3, -0.25) is 4.98 Å². The van der Waals surface area contributed by atoms with Gasteiger partial charge in [0.25, 0.3) is 0 Å². The number of rotatable bonds is 1. The molecule has 0 radical (unpaired) electrons. The fourth-order valence-corrected chi connectivity index (χ4v) is 3.79. The Labute approximate surface area is 146 Å². The van der Waals surface area contributed by atoms with Crippen LogP contribution in [0.1, 0.15) is 28.8 Å². The van der Waals surface area contributed by atoms with Crippen molar-refractivity contribution in [3.63, 3.8) is 0 Å². The predicted molar refractivity (Wildman–Crippen MR) is 98.8 cm³/mol. The standard InChI is InChI=1S/C20H19N5/c1-11-4-6-16-13(3-2-8-24-16)18(11)19-14-9-12(22)5-7-17(14)25-20(23)15(19)10-21/h2-4,6,8,12H,5,7,9,22H2,1H3,(H2,23,25)/t12-/m1/s1. The van der Waals surface area contributed by atoms with Crippen LogP contribution in [0, 0.1) is 18.3 Å². The van der Waals surface area contributed by atoms with Crippen molar-refractivity contribution in [1.29, 1.82) is 5.26 Å². The molecule has 4 N–H and O–H groups in total.